The molecule has 154 valence electrons. The molecule has 0 radical (unpaired) electrons. The van der Waals surface area contributed by atoms with Crippen LogP contribution in [-0.2, 0) is 26.1 Å². The third-order valence-corrected chi connectivity index (χ3v) is 5.07. The molecule has 0 saturated heterocycles. The predicted octanol–water partition coefficient (Wildman–Crippen LogP) is 4.62. The first-order valence-corrected chi connectivity index (χ1v) is 8.93. The van der Waals surface area contributed by atoms with Gasteiger partial charge in [0.15, 0.2) is 0 Å². The zero-order valence-electron chi connectivity index (χ0n) is 16.6. The van der Waals surface area contributed by atoms with Crippen LogP contribution in [0.2, 0.25) is 0 Å². The minimum Gasteiger partial charge on any atom is -0.300 e. The molecule has 1 aliphatic rings. The molecular formula is C21H29Cl3N4. The Bertz CT molecular complexity index is 789. The van der Waals surface area contributed by atoms with E-state index in [2.05, 4.69) is 47.8 Å². The van der Waals surface area contributed by atoms with Gasteiger partial charge in [0.05, 0.1) is 11.6 Å². The molecule has 0 bridgehead atoms. The quantitative estimate of drug-likeness (QED) is 0.676. The first-order valence-electron chi connectivity index (χ1n) is 8.93. The number of rotatable bonds is 5. The van der Waals surface area contributed by atoms with E-state index in [9.17, 15) is 0 Å². The molecule has 1 aromatic carbocycles. The van der Waals surface area contributed by atoms with E-state index in [0.717, 1.165) is 38.2 Å². The summed E-state index contributed by atoms with van der Waals surface area (Å²) in [5.74, 6) is 0. The summed E-state index contributed by atoms with van der Waals surface area (Å²) in [5, 5.41) is 9.06. The van der Waals surface area contributed by atoms with Crippen molar-refractivity contribution in [2.75, 3.05) is 13.6 Å². The highest BCUT2D eigenvalue weighted by atomic mass is 35.5. The van der Waals surface area contributed by atoms with E-state index in [0.29, 0.717) is 6.04 Å². The maximum atomic E-state index is 9.06. The predicted molar refractivity (Wildman–Crippen MR) is 122 cm³/mol. The summed E-state index contributed by atoms with van der Waals surface area (Å²) < 4.78 is 0. The van der Waals surface area contributed by atoms with Gasteiger partial charge in [-0.15, -0.1) is 37.2 Å². The van der Waals surface area contributed by atoms with Gasteiger partial charge in [-0.25, -0.2) is 0 Å². The van der Waals surface area contributed by atoms with Crippen molar-refractivity contribution in [2.45, 2.75) is 45.9 Å². The Morgan fingerprint density at radius 1 is 1.21 bits per heavy atom. The van der Waals surface area contributed by atoms with Crippen LogP contribution in [-0.4, -0.2) is 34.4 Å². The normalized spacial score (nSPS) is 13.0. The highest BCUT2D eigenvalue weighted by Crippen LogP contribution is 2.24. The fourth-order valence-electron chi connectivity index (χ4n) is 3.35. The molecule has 0 aliphatic carbocycles. The van der Waals surface area contributed by atoms with E-state index in [1.54, 1.807) is 0 Å². The Morgan fingerprint density at radius 3 is 2.64 bits per heavy atom. The van der Waals surface area contributed by atoms with Gasteiger partial charge in [-0.05, 0) is 61.7 Å². The Labute approximate surface area is 187 Å². The van der Waals surface area contributed by atoms with Crippen molar-refractivity contribution in [1.82, 2.24) is 14.8 Å². The molecule has 28 heavy (non-hydrogen) atoms. The molecule has 0 atom stereocenters. The Kier molecular flexibility index (Phi) is 11.7. The van der Waals surface area contributed by atoms with Crippen molar-refractivity contribution in [2.24, 2.45) is 0 Å². The molecule has 0 fully saturated rings. The third-order valence-electron chi connectivity index (χ3n) is 5.07. The molecule has 1 aromatic heterocycles. The maximum absolute atomic E-state index is 9.06. The second-order valence-electron chi connectivity index (χ2n) is 7.22. The molecule has 1 aliphatic heterocycles. The summed E-state index contributed by atoms with van der Waals surface area (Å²) in [4.78, 5) is 9.28. The van der Waals surface area contributed by atoms with Gasteiger partial charge in [-0.2, -0.15) is 5.26 Å². The van der Waals surface area contributed by atoms with Gasteiger partial charge in [0.2, 0.25) is 0 Å². The van der Waals surface area contributed by atoms with E-state index in [1.165, 1.54) is 22.3 Å². The summed E-state index contributed by atoms with van der Waals surface area (Å²) in [6.45, 7) is 8.26. The minimum absolute atomic E-state index is 0. The van der Waals surface area contributed by atoms with Crippen LogP contribution >= 0.6 is 37.2 Å². The lowest BCUT2D eigenvalue weighted by Gasteiger charge is -2.31. The van der Waals surface area contributed by atoms with Crippen molar-refractivity contribution in [1.29, 1.82) is 5.26 Å². The van der Waals surface area contributed by atoms with Gasteiger partial charge in [0.25, 0.3) is 0 Å². The molecule has 3 rings (SSSR count). The van der Waals surface area contributed by atoms with E-state index in [1.807, 2.05) is 30.6 Å². The highest BCUT2D eigenvalue weighted by Gasteiger charge is 2.20. The van der Waals surface area contributed by atoms with Crippen LogP contribution in [0, 0.1) is 11.3 Å². The number of nitrogens with zero attached hydrogens (tertiary/aromatic N) is 4. The summed E-state index contributed by atoms with van der Waals surface area (Å²) in [6, 6.07) is 10.7. The number of aromatic nitrogens is 1. The fraction of sp³-hybridized carbons (Fsp3) is 0.429. The van der Waals surface area contributed by atoms with Crippen LogP contribution in [0.5, 0.6) is 0 Å². The van der Waals surface area contributed by atoms with Crippen molar-refractivity contribution in [3.8, 4) is 6.07 Å². The van der Waals surface area contributed by atoms with E-state index in [-0.39, 0.29) is 37.2 Å². The number of hydrogen-bond acceptors (Lipinski definition) is 4. The standard InChI is InChI=1S/C21H26N4.3ClH/c1-16(2)24(3)14-19-11-23-12-20-15-25(8-7-21(19)20)13-18-6-4-5-17(9-18)10-22;;;/h4-6,9,11-12,16H,7-8,13-15H2,1-3H3;3*1H. The lowest BCUT2D eigenvalue weighted by Crippen LogP contribution is -2.32. The van der Waals surface area contributed by atoms with E-state index in [4.69, 9.17) is 5.26 Å². The molecule has 7 heteroatoms. The average molecular weight is 444 g/mol. The Hall–Kier alpha value is -1.35. The van der Waals surface area contributed by atoms with Crippen molar-refractivity contribution in [3.05, 3.63) is 64.5 Å². The van der Waals surface area contributed by atoms with Gasteiger partial charge in [-0.1, -0.05) is 12.1 Å². The summed E-state index contributed by atoms with van der Waals surface area (Å²) in [7, 11) is 2.17. The molecule has 0 unspecified atom stereocenters. The summed E-state index contributed by atoms with van der Waals surface area (Å²) >= 11 is 0. The first-order chi connectivity index (χ1) is 12.1. The van der Waals surface area contributed by atoms with Gasteiger partial charge in [0, 0.05) is 44.6 Å². The smallest absolute Gasteiger partial charge is 0.0991 e. The fourth-order valence-corrected chi connectivity index (χ4v) is 3.35. The highest BCUT2D eigenvalue weighted by molar-refractivity contribution is 5.86. The molecule has 2 aromatic rings. The summed E-state index contributed by atoms with van der Waals surface area (Å²) in [5.41, 5.74) is 6.11. The molecule has 0 spiro atoms. The van der Waals surface area contributed by atoms with Gasteiger partial charge < -0.3 is 0 Å². The number of hydrogen-bond donors (Lipinski definition) is 0. The zero-order chi connectivity index (χ0) is 17.8. The van der Waals surface area contributed by atoms with Crippen molar-refractivity contribution >= 4 is 37.2 Å². The van der Waals surface area contributed by atoms with Crippen LogP contribution < -0.4 is 0 Å². The van der Waals surface area contributed by atoms with Gasteiger partial charge >= 0.3 is 0 Å². The molecule has 0 amide bonds. The van der Waals surface area contributed by atoms with Crippen LogP contribution in [0.1, 0.15) is 41.7 Å². The molecule has 4 nitrogen and oxygen atoms in total. The molecular weight excluding hydrogens is 415 g/mol. The molecule has 2 heterocycles. The summed E-state index contributed by atoms with van der Waals surface area (Å²) in [6.07, 6.45) is 5.12. The Morgan fingerprint density at radius 2 is 1.96 bits per heavy atom. The largest absolute Gasteiger partial charge is 0.300 e. The van der Waals surface area contributed by atoms with Gasteiger partial charge in [0.1, 0.15) is 0 Å². The monoisotopic (exact) mass is 442 g/mol. The number of nitriles is 1. The third kappa shape index (κ3) is 6.62. The van der Waals surface area contributed by atoms with Gasteiger partial charge in [-0.3, -0.25) is 14.8 Å². The number of halogens is 3. The topological polar surface area (TPSA) is 43.2 Å². The second-order valence-corrected chi connectivity index (χ2v) is 7.22. The minimum atomic E-state index is 0. The van der Waals surface area contributed by atoms with Crippen LogP contribution in [0.15, 0.2) is 36.7 Å². The molecule has 0 N–H and O–H groups in total. The lowest BCUT2D eigenvalue weighted by molar-refractivity contribution is 0.239. The van der Waals surface area contributed by atoms with Crippen LogP contribution in [0.25, 0.3) is 0 Å². The number of benzene rings is 1. The van der Waals surface area contributed by atoms with E-state index >= 15 is 0 Å². The second kappa shape index (κ2) is 12.3. The van der Waals surface area contributed by atoms with Crippen molar-refractivity contribution in [3.63, 3.8) is 0 Å². The van der Waals surface area contributed by atoms with Crippen LogP contribution in [0.3, 0.4) is 0 Å². The lowest BCUT2D eigenvalue weighted by atomic mass is 9.96. The first kappa shape index (κ1) is 26.6. The Balaban J connectivity index is 0.00000243. The van der Waals surface area contributed by atoms with E-state index < -0.39 is 0 Å². The number of fused-ring (bicyclic) bond motifs is 1. The molecule has 0 saturated carbocycles. The number of pyridine rings is 1. The average Bonchev–Trinajstić information content (AvgIpc) is 2.61. The SMILES string of the molecule is CC(C)N(C)Cc1cncc2c1CCN(Cc1cccc(C#N)c1)C2.Cl.Cl.Cl. The maximum Gasteiger partial charge on any atom is 0.0991 e. The zero-order valence-corrected chi connectivity index (χ0v) is 19.0. The van der Waals surface area contributed by atoms with Crippen molar-refractivity contribution < 1.29 is 0 Å². The van der Waals surface area contributed by atoms with Crippen LogP contribution in [0.4, 0.5) is 0 Å².